The summed E-state index contributed by atoms with van der Waals surface area (Å²) in [5.74, 6) is 0. The third-order valence-corrected chi connectivity index (χ3v) is 2.41. The Labute approximate surface area is 83.5 Å². The summed E-state index contributed by atoms with van der Waals surface area (Å²) in [5.41, 5.74) is 0. The van der Waals surface area contributed by atoms with E-state index in [9.17, 15) is 5.11 Å². The maximum Gasteiger partial charge on any atom is 0.0569 e. The summed E-state index contributed by atoms with van der Waals surface area (Å²) in [6.45, 7) is 4.26. The van der Waals surface area contributed by atoms with Crippen LogP contribution in [-0.4, -0.2) is 11.2 Å². The smallest absolute Gasteiger partial charge is 0.0569 e. The van der Waals surface area contributed by atoms with E-state index in [1.165, 1.54) is 38.5 Å². The maximum atomic E-state index is 9.24. The van der Waals surface area contributed by atoms with Crippen LogP contribution in [0.3, 0.4) is 0 Å². The third kappa shape index (κ3) is 9.88. The number of hydrogen-bond donors (Lipinski definition) is 1. The summed E-state index contributed by atoms with van der Waals surface area (Å²) < 4.78 is 0. The van der Waals surface area contributed by atoms with Gasteiger partial charge in [0.05, 0.1) is 6.10 Å². The molecule has 0 heterocycles. The first kappa shape index (κ1) is 13.0. The molecular formula is C12H25O. The second-order valence-electron chi connectivity index (χ2n) is 3.77. The van der Waals surface area contributed by atoms with Crippen LogP contribution in [0.5, 0.6) is 0 Å². The van der Waals surface area contributed by atoms with Gasteiger partial charge in [-0.05, 0) is 19.3 Å². The molecule has 1 heteroatoms. The molecular weight excluding hydrogens is 160 g/mol. The zero-order valence-corrected chi connectivity index (χ0v) is 9.26. The van der Waals surface area contributed by atoms with Crippen LogP contribution in [0.2, 0.25) is 0 Å². The van der Waals surface area contributed by atoms with Gasteiger partial charge in [0.2, 0.25) is 0 Å². The second kappa shape index (κ2) is 10.0. The van der Waals surface area contributed by atoms with Gasteiger partial charge in [-0.25, -0.2) is 0 Å². The van der Waals surface area contributed by atoms with E-state index in [-0.39, 0.29) is 6.10 Å². The molecule has 1 radical (unpaired) electrons. The topological polar surface area (TPSA) is 20.2 Å². The van der Waals surface area contributed by atoms with Crippen LogP contribution in [0.1, 0.15) is 65.2 Å². The van der Waals surface area contributed by atoms with Crippen LogP contribution < -0.4 is 0 Å². The summed E-state index contributed by atoms with van der Waals surface area (Å²) in [6.07, 6.45) is 11.8. The van der Waals surface area contributed by atoms with Crippen LogP contribution in [0.15, 0.2) is 0 Å². The summed E-state index contributed by atoms with van der Waals surface area (Å²) in [7, 11) is 0. The lowest BCUT2D eigenvalue weighted by Gasteiger charge is -2.06. The van der Waals surface area contributed by atoms with Gasteiger partial charge in [-0.3, -0.25) is 0 Å². The van der Waals surface area contributed by atoms with Crippen LogP contribution in [0, 0.1) is 6.42 Å². The number of rotatable bonds is 9. The van der Waals surface area contributed by atoms with Gasteiger partial charge >= 0.3 is 0 Å². The first-order chi connectivity index (χ1) is 6.31. The monoisotopic (exact) mass is 185 g/mol. The van der Waals surface area contributed by atoms with Crippen LogP contribution >= 0.6 is 0 Å². The molecule has 1 N–H and O–H groups in total. The second-order valence-corrected chi connectivity index (χ2v) is 3.77. The lowest BCUT2D eigenvalue weighted by atomic mass is 10.1. The van der Waals surface area contributed by atoms with Gasteiger partial charge in [0, 0.05) is 0 Å². The summed E-state index contributed by atoms with van der Waals surface area (Å²) in [5, 5.41) is 9.24. The molecule has 0 aliphatic rings. The van der Waals surface area contributed by atoms with Gasteiger partial charge in [0.1, 0.15) is 0 Å². The molecule has 0 rings (SSSR count). The molecule has 0 aliphatic heterocycles. The van der Waals surface area contributed by atoms with Gasteiger partial charge in [-0.1, -0.05) is 52.4 Å². The van der Waals surface area contributed by atoms with E-state index in [0.29, 0.717) is 0 Å². The van der Waals surface area contributed by atoms with Crippen molar-refractivity contribution in [1.82, 2.24) is 0 Å². The summed E-state index contributed by atoms with van der Waals surface area (Å²) >= 11 is 0. The predicted molar refractivity (Wildman–Crippen MR) is 58.6 cm³/mol. The van der Waals surface area contributed by atoms with Crippen molar-refractivity contribution < 1.29 is 5.11 Å². The van der Waals surface area contributed by atoms with Crippen LogP contribution in [0.25, 0.3) is 0 Å². The van der Waals surface area contributed by atoms with Crippen molar-refractivity contribution in [2.75, 3.05) is 0 Å². The molecule has 0 aromatic carbocycles. The Morgan fingerprint density at radius 1 is 1.00 bits per heavy atom. The molecule has 1 unspecified atom stereocenters. The molecule has 1 nitrogen and oxygen atoms in total. The minimum Gasteiger partial charge on any atom is -0.393 e. The zero-order valence-electron chi connectivity index (χ0n) is 9.26. The Kier molecular flexibility index (Phi) is 10.0. The van der Waals surface area contributed by atoms with Gasteiger partial charge < -0.3 is 5.11 Å². The fraction of sp³-hybridized carbons (Fsp3) is 0.917. The number of aliphatic hydroxyl groups is 1. The fourth-order valence-electron chi connectivity index (χ4n) is 1.40. The molecule has 0 aromatic rings. The molecule has 0 bridgehead atoms. The molecule has 0 saturated heterocycles. The first-order valence-corrected chi connectivity index (χ1v) is 5.82. The number of hydrogen-bond acceptors (Lipinski definition) is 1. The Balaban J connectivity index is 2.91. The van der Waals surface area contributed by atoms with E-state index in [0.717, 1.165) is 12.8 Å². The highest BCUT2D eigenvalue weighted by Gasteiger charge is 1.99. The molecule has 13 heavy (non-hydrogen) atoms. The average molecular weight is 185 g/mol. The number of aliphatic hydroxyl groups excluding tert-OH is 1. The Bertz CT molecular complexity index is 91.1. The molecule has 0 aliphatic carbocycles. The Hall–Kier alpha value is -0.0400. The highest BCUT2D eigenvalue weighted by Crippen LogP contribution is 2.09. The average Bonchev–Trinajstić information content (AvgIpc) is 2.16. The van der Waals surface area contributed by atoms with Crippen LogP contribution in [0.4, 0.5) is 0 Å². The van der Waals surface area contributed by atoms with E-state index < -0.39 is 0 Å². The lowest BCUT2D eigenvalue weighted by molar-refractivity contribution is 0.197. The first-order valence-electron chi connectivity index (χ1n) is 5.82. The van der Waals surface area contributed by atoms with E-state index in [1.54, 1.807) is 0 Å². The predicted octanol–water partition coefficient (Wildman–Crippen LogP) is 3.71. The van der Waals surface area contributed by atoms with Gasteiger partial charge in [-0.2, -0.15) is 0 Å². The molecule has 0 aromatic heterocycles. The van der Waals surface area contributed by atoms with Crippen molar-refractivity contribution in [3.05, 3.63) is 6.42 Å². The quantitative estimate of drug-likeness (QED) is 0.543. The minimum atomic E-state index is -0.171. The minimum absolute atomic E-state index is 0.171. The van der Waals surface area contributed by atoms with Crippen LogP contribution in [-0.2, 0) is 0 Å². The Morgan fingerprint density at radius 3 is 2.23 bits per heavy atom. The van der Waals surface area contributed by atoms with Gasteiger partial charge in [0.15, 0.2) is 0 Å². The van der Waals surface area contributed by atoms with Crippen molar-refractivity contribution in [2.24, 2.45) is 0 Å². The standard InChI is InChI=1S/C12H25O/c1-3-5-6-7-8-9-10-11-12(13)4-2/h11-13H,3-10H2,1-2H3. The van der Waals surface area contributed by atoms with Crippen molar-refractivity contribution in [3.8, 4) is 0 Å². The largest absolute Gasteiger partial charge is 0.393 e. The van der Waals surface area contributed by atoms with Crippen molar-refractivity contribution in [1.29, 1.82) is 0 Å². The number of unbranched alkanes of at least 4 members (excludes halogenated alkanes) is 6. The Morgan fingerprint density at radius 2 is 1.62 bits per heavy atom. The zero-order chi connectivity index (χ0) is 9.94. The maximum absolute atomic E-state index is 9.24. The highest BCUT2D eigenvalue weighted by molar-refractivity contribution is 4.73. The van der Waals surface area contributed by atoms with Crippen molar-refractivity contribution in [2.45, 2.75) is 71.3 Å². The highest BCUT2D eigenvalue weighted by atomic mass is 16.3. The summed E-state index contributed by atoms with van der Waals surface area (Å²) in [4.78, 5) is 0. The molecule has 1 atom stereocenters. The molecule has 0 saturated carbocycles. The normalized spacial score (nSPS) is 13.2. The third-order valence-electron chi connectivity index (χ3n) is 2.41. The fourth-order valence-corrected chi connectivity index (χ4v) is 1.40. The van der Waals surface area contributed by atoms with Gasteiger partial charge in [0.25, 0.3) is 0 Å². The molecule has 79 valence electrons. The van der Waals surface area contributed by atoms with Crippen molar-refractivity contribution >= 4 is 0 Å². The van der Waals surface area contributed by atoms with E-state index in [2.05, 4.69) is 6.92 Å². The summed E-state index contributed by atoms with van der Waals surface area (Å²) in [6, 6.07) is 0. The molecule has 0 amide bonds. The lowest BCUT2D eigenvalue weighted by Crippen LogP contribution is -2.04. The van der Waals surface area contributed by atoms with Gasteiger partial charge in [-0.15, -0.1) is 0 Å². The molecule has 0 fully saturated rings. The SMILES string of the molecule is CCCCCCCC[CH]C(O)CC. The van der Waals surface area contributed by atoms with E-state index >= 15 is 0 Å². The molecule has 0 spiro atoms. The van der Waals surface area contributed by atoms with E-state index in [4.69, 9.17) is 0 Å². The van der Waals surface area contributed by atoms with E-state index in [1.807, 2.05) is 13.3 Å². The van der Waals surface area contributed by atoms with Crippen molar-refractivity contribution in [3.63, 3.8) is 0 Å².